The van der Waals surface area contributed by atoms with Gasteiger partial charge >= 0.3 is 0 Å². The lowest BCUT2D eigenvalue weighted by Crippen LogP contribution is -2.36. The largest absolute Gasteiger partial charge is 0.356 e. The van der Waals surface area contributed by atoms with E-state index in [9.17, 15) is 4.79 Å². The summed E-state index contributed by atoms with van der Waals surface area (Å²) >= 11 is 0. The van der Waals surface area contributed by atoms with E-state index in [1.54, 1.807) is 0 Å². The fourth-order valence-corrected chi connectivity index (χ4v) is 3.64. The Morgan fingerprint density at radius 1 is 1.14 bits per heavy atom. The smallest absolute Gasteiger partial charge is 0.223 e. The van der Waals surface area contributed by atoms with Gasteiger partial charge in [0.25, 0.3) is 0 Å². The van der Waals surface area contributed by atoms with E-state index in [-0.39, 0.29) is 11.8 Å². The third-order valence-corrected chi connectivity index (χ3v) is 5.03. The summed E-state index contributed by atoms with van der Waals surface area (Å²) in [4.78, 5) is 12.3. The van der Waals surface area contributed by atoms with Crippen LogP contribution in [0.4, 0.5) is 0 Å². The topological polar surface area (TPSA) is 41.1 Å². The number of amides is 1. The van der Waals surface area contributed by atoms with E-state index < -0.39 is 0 Å². The number of fused-ring (bicyclic) bond motifs is 1. The molecule has 1 fully saturated rings. The molecule has 1 aliphatic heterocycles. The van der Waals surface area contributed by atoms with Crippen LogP contribution in [0.5, 0.6) is 0 Å². The molecule has 0 spiro atoms. The zero-order chi connectivity index (χ0) is 14.5. The van der Waals surface area contributed by atoms with Crippen LogP contribution < -0.4 is 10.6 Å². The Kier molecular flexibility index (Phi) is 4.91. The molecule has 114 valence electrons. The van der Waals surface area contributed by atoms with Crippen LogP contribution in [0.3, 0.4) is 0 Å². The minimum absolute atomic E-state index is 0.174. The van der Waals surface area contributed by atoms with Crippen molar-refractivity contribution >= 4 is 5.91 Å². The van der Waals surface area contributed by atoms with Gasteiger partial charge < -0.3 is 10.6 Å². The Labute approximate surface area is 127 Å². The molecule has 0 bridgehead atoms. The van der Waals surface area contributed by atoms with E-state index in [1.165, 1.54) is 24.0 Å². The van der Waals surface area contributed by atoms with Gasteiger partial charge in [-0.05, 0) is 68.7 Å². The van der Waals surface area contributed by atoms with Crippen LogP contribution in [0.25, 0.3) is 0 Å². The lowest BCUT2D eigenvalue weighted by Gasteiger charge is -2.25. The average Bonchev–Trinajstić information content (AvgIpc) is 2.55. The van der Waals surface area contributed by atoms with Gasteiger partial charge in [-0.1, -0.05) is 24.3 Å². The molecule has 1 aromatic rings. The lowest BCUT2D eigenvalue weighted by atomic mass is 9.83. The SMILES string of the molecule is O=C(NCCC1CCNCC1)C1CCc2ccccc2C1. The average molecular weight is 286 g/mol. The molecule has 3 heteroatoms. The first-order chi connectivity index (χ1) is 10.3. The predicted molar refractivity (Wildman–Crippen MR) is 85.2 cm³/mol. The second kappa shape index (κ2) is 7.08. The van der Waals surface area contributed by atoms with Crippen LogP contribution >= 0.6 is 0 Å². The van der Waals surface area contributed by atoms with Gasteiger partial charge in [-0.3, -0.25) is 4.79 Å². The standard InChI is InChI=1S/C18H26N2O/c21-18(20-12-9-14-7-10-19-11-8-14)17-6-5-15-3-1-2-4-16(15)13-17/h1-4,14,17,19H,5-13H2,(H,20,21). The van der Waals surface area contributed by atoms with Gasteiger partial charge in [-0.15, -0.1) is 0 Å². The van der Waals surface area contributed by atoms with Crippen molar-refractivity contribution in [2.24, 2.45) is 11.8 Å². The highest BCUT2D eigenvalue weighted by atomic mass is 16.1. The normalized spacial score (nSPS) is 22.6. The lowest BCUT2D eigenvalue weighted by molar-refractivity contribution is -0.125. The van der Waals surface area contributed by atoms with E-state index in [0.29, 0.717) is 0 Å². The number of rotatable bonds is 4. The van der Waals surface area contributed by atoms with Crippen molar-refractivity contribution < 1.29 is 4.79 Å². The summed E-state index contributed by atoms with van der Waals surface area (Å²) in [6.45, 7) is 3.12. The van der Waals surface area contributed by atoms with E-state index in [2.05, 4.69) is 34.9 Å². The summed E-state index contributed by atoms with van der Waals surface area (Å²) in [5.74, 6) is 1.23. The number of hydrogen-bond donors (Lipinski definition) is 2. The molecule has 2 aliphatic rings. The molecule has 1 unspecified atom stereocenters. The first-order valence-electron chi connectivity index (χ1n) is 8.38. The molecule has 1 atom stereocenters. The highest BCUT2D eigenvalue weighted by Crippen LogP contribution is 2.25. The van der Waals surface area contributed by atoms with Gasteiger partial charge in [0.2, 0.25) is 5.91 Å². The molecule has 3 rings (SSSR count). The third kappa shape index (κ3) is 3.85. The van der Waals surface area contributed by atoms with Crippen molar-refractivity contribution in [2.75, 3.05) is 19.6 Å². The van der Waals surface area contributed by atoms with Crippen molar-refractivity contribution in [2.45, 2.75) is 38.5 Å². The first-order valence-corrected chi connectivity index (χ1v) is 8.38. The summed E-state index contributed by atoms with van der Waals surface area (Å²) in [6.07, 6.45) is 6.60. The highest BCUT2D eigenvalue weighted by Gasteiger charge is 2.24. The van der Waals surface area contributed by atoms with Crippen molar-refractivity contribution in [1.82, 2.24) is 10.6 Å². The number of benzene rings is 1. The Morgan fingerprint density at radius 2 is 1.90 bits per heavy atom. The molecule has 1 aromatic carbocycles. The molecule has 3 nitrogen and oxygen atoms in total. The zero-order valence-corrected chi connectivity index (χ0v) is 12.7. The maximum atomic E-state index is 12.3. The van der Waals surface area contributed by atoms with Crippen LogP contribution in [0.1, 0.15) is 36.8 Å². The molecule has 0 aromatic heterocycles. The maximum Gasteiger partial charge on any atom is 0.223 e. The number of carbonyl (C=O) groups excluding carboxylic acids is 1. The molecule has 21 heavy (non-hydrogen) atoms. The number of hydrogen-bond acceptors (Lipinski definition) is 2. The minimum Gasteiger partial charge on any atom is -0.356 e. The van der Waals surface area contributed by atoms with Crippen LogP contribution in [0.2, 0.25) is 0 Å². The second-order valence-corrected chi connectivity index (χ2v) is 6.48. The number of nitrogens with one attached hydrogen (secondary N) is 2. The summed E-state index contributed by atoms with van der Waals surface area (Å²) in [5.41, 5.74) is 2.79. The van der Waals surface area contributed by atoms with Crippen molar-refractivity contribution in [1.29, 1.82) is 0 Å². The summed E-state index contributed by atoms with van der Waals surface area (Å²) < 4.78 is 0. The van der Waals surface area contributed by atoms with Gasteiger partial charge in [0.1, 0.15) is 0 Å². The number of piperidine rings is 1. The molecule has 2 N–H and O–H groups in total. The van der Waals surface area contributed by atoms with Gasteiger partial charge in [-0.25, -0.2) is 0 Å². The molecule has 1 saturated heterocycles. The molecule has 1 amide bonds. The fraction of sp³-hybridized carbons (Fsp3) is 0.611. The van der Waals surface area contributed by atoms with Gasteiger partial charge in [0.05, 0.1) is 0 Å². The Morgan fingerprint density at radius 3 is 2.71 bits per heavy atom. The molecule has 1 aliphatic carbocycles. The molecular formula is C18H26N2O. The summed E-state index contributed by atoms with van der Waals surface area (Å²) in [5, 5.41) is 6.56. The molecule has 0 saturated carbocycles. The third-order valence-electron chi connectivity index (χ3n) is 5.03. The van der Waals surface area contributed by atoms with Crippen LogP contribution in [0, 0.1) is 11.8 Å². The highest BCUT2D eigenvalue weighted by molar-refractivity contribution is 5.79. The van der Waals surface area contributed by atoms with Crippen molar-refractivity contribution in [3.63, 3.8) is 0 Å². The van der Waals surface area contributed by atoms with E-state index in [4.69, 9.17) is 0 Å². The Bertz CT molecular complexity index is 480. The van der Waals surface area contributed by atoms with Crippen LogP contribution in [-0.4, -0.2) is 25.5 Å². The number of aryl methyl sites for hydroxylation is 1. The maximum absolute atomic E-state index is 12.3. The van der Waals surface area contributed by atoms with Crippen LogP contribution in [0.15, 0.2) is 24.3 Å². The quantitative estimate of drug-likeness (QED) is 0.891. The van der Waals surface area contributed by atoms with E-state index >= 15 is 0 Å². The first kappa shape index (κ1) is 14.6. The zero-order valence-electron chi connectivity index (χ0n) is 12.7. The molecule has 1 heterocycles. The molecular weight excluding hydrogens is 260 g/mol. The molecule has 0 radical (unpaired) electrons. The van der Waals surface area contributed by atoms with Crippen molar-refractivity contribution in [3.05, 3.63) is 35.4 Å². The predicted octanol–water partition coefficient (Wildman–Crippen LogP) is 2.30. The van der Waals surface area contributed by atoms with E-state index in [0.717, 1.165) is 51.2 Å². The summed E-state index contributed by atoms with van der Waals surface area (Å²) in [7, 11) is 0. The fourth-order valence-electron chi connectivity index (χ4n) is 3.64. The van der Waals surface area contributed by atoms with Gasteiger partial charge in [0, 0.05) is 12.5 Å². The Hall–Kier alpha value is -1.35. The monoisotopic (exact) mass is 286 g/mol. The summed E-state index contributed by atoms with van der Waals surface area (Å²) in [6, 6.07) is 8.54. The number of carbonyl (C=O) groups is 1. The van der Waals surface area contributed by atoms with Gasteiger partial charge in [0.15, 0.2) is 0 Å². The Balaban J connectivity index is 1.44. The van der Waals surface area contributed by atoms with Gasteiger partial charge in [-0.2, -0.15) is 0 Å². The van der Waals surface area contributed by atoms with E-state index in [1.807, 2.05) is 0 Å². The second-order valence-electron chi connectivity index (χ2n) is 6.48. The minimum atomic E-state index is 0.174. The van der Waals surface area contributed by atoms with Crippen LogP contribution in [-0.2, 0) is 17.6 Å². The van der Waals surface area contributed by atoms with Crippen molar-refractivity contribution in [3.8, 4) is 0 Å².